The van der Waals surface area contributed by atoms with Crippen LogP contribution in [0.5, 0.6) is 11.5 Å². The molecule has 3 aromatic rings. The Kier molecular flexibility index (Phi) is 6.91. The summed E-state index contributed by atoms with van der Waals surface area (Å²) in [5.41, 5.74) is 3.34. The fourth-order valence-electron chi connectivity index (χ4n) is 3.05. The van der Waals surface area contributed by atoms with Gasteiger partial charge in [0.2, 0.25) is 0 Å². The van der Waals surface area contributed by atoms with Crippen molar-refractivity contribution in [3.63, 3.8) is 0 Å². The Balaban J connectivity index is 1.91. The molecule has 0 fully saturated rings. The molecule has 3 rings (SSSR count). The zero-order chi connectivity index (χ0) is 22.4. The highest BCUT2D eigenvalue weighted by Crippen LogP contribution is 2.38. The highest BCUT2D eigenvalue weighted by molar-refractivity contribution is 6.32. The molecule has 3 aromatic carbocycles. The van der Waals surface area contributed by atoms with Crippen molar-refractivity contribution in [3.05, 3.63) is 98.1 Å². The third-order valence-electron chi connectivity index (χ3n) is 4.52. The van der Waals surface area contributed by atoms with Gasteiger partial charge < -0.3 is 9.47 Å². The molecule has 0 unspecified atom stereocenters. The first kappa shape index (κ1) is 21.9. The number of halogens is 1. The molecule has 0 bridgehead atoms. The fourth-order valence-corrected chi connectivity index (χ4v) is 3.33. The van der Waals surface area contributed by atoms with Crippen molar-refractivity contribution < 1.29 is 14.4 Å². The first-order valence-electron chi connectivity index (χ1n) is 9.33. The van der Waals surface area contributed by atoms with Crippen LogP contribution < -0.4 is 9.47 Å². The summed E-state index contributed by atoms with van der Waals surface area (Å²) in [6, 6.07) is 19.3. The number of ether oxygens (including phenoxy) is 2. The van der Waals surface area contributed by atoms with Gasteiger partial charge in [0.1, 0.15) is 6.61 Å². The van der Waals surface area contributed by atoms with Gasteiger partial charge in [-0.3, -0.25) is 10.1 Å². The van der Waals surface area contributed by atoms with Crippen molar-refractivity contribution in [1.29, 1.82) is 5.26 Å². The number of benzene rings is 3. The number of hydrogen-bond acceptors (Lipinski definition) is 5. The third kappa shape index (κ3) is 5.41. The summed E-state index contributed by atoms with van der Waals surface area (Å²) >= 11 is 6.44. The summed E-state index contributed by atoms with van der Waals surface area (Å²) < 4.78 is 11.3. The van der Waals surface area contributed by atoms with E-state index in [9.17, 15) is 15.4 Å². The number of nitriles is 1. The molecule has 31 heavy (non-hydrogen) atoms. The number of hydrogen-bond donors (Lipinski definition) is 0. The normalized spacial score (nSPS) is 11.0. The molecule has 0 N–H and O–H groups in total. The summed E-state index contributed by atoms with van der Waals surface area (Å²) in [5, 5.41) is 20.9. The van der Waals surface area contributed by atoms with E-state index in [1.165, 1.54) is 25.3 Å². The number of allylic oxidation sites excluding steroid dienone is 1. The molecular formula is C24H19ClN2O4. The highest BCUT2D eigenvalue weighted by Gasteiger charge is 2.14. The van der Waals surface area contributed by atoms with Crippen LogP contribution in [0, 0.1) is 28.4 Å². The van der Waals surface area contributed by atoms with Gasteiger partial charge in [0.25, 0.3) is 5.69 Å². The number of methoxy groups -OCH3 is 1. The molecule has 0 saturated heterocycles. The lowest BCUT2D eigenvalue weighted by atomic mass is 10.0. The van der Waals surface area contributed by atoms with Crippen molar-refractivity contribution in [3.8, 4) is 17.6 Å². The van der Waals surface area contributed by atoms with Gasteiger partial charge in [0.05, 0.1) is 28.7 Å². The quantitative estimate of drug-likeness (QED) is 0.191. The van der Waals surface area contributed by atoms with Crippen molar-refractivity contribution in [2.75, 3.05) is 7.11 Å². The number of nitro groups is 1. The molecule has 0 atom stereocenters. The van der Waals surface area contributed by atoms with E-state index < -0.39 is 4.92 Å². The predicted octanol–water partition coefficient (Wildman–Crippen LogP) is 6.21. The SMILES string of the molecule is COc1cc(C=C(C#N)c2cccc([N+](=O)[O-])c2)cc(Cl)c1OCc1cccc(C)c1. The molecule has 156 valence electrons. The zero-order valence-electron chi connectivity index (χ0n) is 17.0. The Morgan fingerprint density at radius 1 is 1.19 bits per heavy atom. The van der Waals surface area contributed by atoms with Crippen LogP contribution in [-0.4, -0.2) is 12.0 Å². The van der Waals surface area contributed by atoms with E-state index in [1.807, 2.05) is 31.2 Å². The van der Waals surface area contributed by atoms with Crippen molar-refractivity contribution in [1.82, 2.24) is 0 Å². The van der Waals surface area contributed by atoms with Crippen LogP contribution in [0.4, 0.5) is 5.69 Å². The highest BCUT2D eigenvalue weighted by atomic mass is 35.5. The second-order valence-corrected chi connectivity index (χ2v) is 7.20. The molecule has 6 nitrogen and oxygen atoms in total. The minimum absolute atomic E-state index is 0.0887. The van der Waals surface area contributed by atoms with Gasteiger partial charge in [-0.15, -0.1) is 0 Å². The van der Waals surface area contributed by atoms with E-state index in [0.717, 1.165) is 11.1 Å². The van der Waals surface area contributed by atoms with Gasteiger partial charge in [-0.05, 0) is 41.8 Å². The topological polar surface area (TPSA) is 85.4 Å². The van der Waals surface area contributed by atoms with Gasteiger partial charge in [0, 0.05) is 12.1 Å². The lowest BCUT2D eigenvalue weighted by Crippen LogP contribution is -1.99. The number of non-ortho nitro benzene ring substituents is 1. The Morgan fingerprint density at radius 3 is 2.65 bits per heavy atom. The van der Waals surface area contributed by atoms with Crippen LogP contribution in [0.3, 0.4) is 0 Å². The van der Waals surface area contributed by atoms with Gasteiger partial charge in [-0.2, -0.15) is 5.26 Å². The van der Waals surface area contributed by atoms with Crippen LogP contribution in [0.2, 0.25) is 5.02 Å². The van der Waals surface area contributed by atoms with E-state index in [1.54, 1.807) is 24.3 Å². The van der Waals surface area contributed by atoms with Crippen molar-refractivity contribution >= 4 is 28.9 Å². The van der Waals surface area contributed by atoms with Gasteiger partial charge in [-0.25, -0.2) is 0 Å². The van der Waals surface area contributed by atoms with Crippen LogP contribution in [0.15, 0.2) is 60.7 Å². The van der Waals surface area contributed by atoms with E-state index in [2.05, 4.69) is 6.07 Å². The van der Waals surface area contributed by atoms with Crippen molar-refractivity contribution in [2.24, 2.45) is 0 Å². The molecule has 0 saturated carbocycles. The van der Waals surface area contributed by atoms with E-state index in [4.69, 9.17) is 21.1 Å². The predicted molar refractivity (Wildman–Crippen MR) is 120 cm³/mol. The average molecular weight is 435 g/mol. The molecule has 0 heterocycles. The molecule has 0 aliphatic rings. The zero-order valence-corrected chi connectivity index (χ0v) is 17.7. The monoisotopic (exact) mass is 434 g/mol. The second kappa shape index (κ2) is 9.79. The van der Waals surface area contributed by atoms with Gasteiger partial charge in [-0.1, -0.05) is 53.6 Å². The first-order valence-corrected chi connectivity index (χ1v) is 9.71. The maximum Gasteiger partial charge on any atom is 0.270 e. The molecule has 0 spiro atoms. The Labute approximate surface area is 185 Å². The maximum atomic E-state index is 11.0. The first-order chi connectivity index (χ1) is 14.9. The van der Waals surface area contributed by atoms with Crippen LogP contribution >= 0.6 is 11.6 Å². The molecule has 0 radical (unpaired) electrons. The minimum atomic E-state index is -0.501. The Hall–Kier alpha value is -3.82. The van der Waals surface area contributed by atoms with Crippen LogP contribution in [0.25, 0.3) is 11.6 Å². The largest absolute Gasteiger partial charge is 0.493 e. The molecule has 0 aliphatic heterocycles. The molecule has 0 aliphatic carbocycles. The fraction of sp³-hybridized carbons (Fsp3) is 0.125. The van der Waals surface area contributed by atoms with E-state index in [0.29, 0.717) is 34.3 Å². The molecular weight excluding hydrogens is 416 g/mol. The summed E-state index contributed by atoms with van der Waals surface area (Å²) in [5.74, 6) is 0.819. The molecule has 7 heteroatoms. The van der Waals surface area contributed by atoms with Crippen molar-refractivity contribution in [2.45, 2.75) is 13.5 Å². The lowest BCUT2D eigenvalue weighted by molar-refractivity contribution is -0.384. The van der Waals surface area contributed by atoms with E-state index >= 15 is 0 Å². The summed E-state index contributed by atoms with van der Waals surface area (Å²) in [4.78, 5) is 10.5. The average Bonchev–Trinajstić information content (AvgIpc) is 2.76. The lowest BCUT2D eigenvalue weighted by Gasteiger charge is -2.14. The molecule has 0 aromatic heterocycles. The number of nitrogens with zero attached hydrogens (tertiary/aromatic N) is 2. The van der Waals surface area contributed by atoms with Crippen LogP contribution in [0.1, 0.15) is 22.3 Å². The standard InChI is InChI=1S/C24H19ClN2O4/c1-16-5-3-6-17(9-16)15-31-24-22(25)11-18(12-23(24)30-2)10-20(14-26)19-7-4-8-21(13-19)27(28)29/h3-13H,15H2,1-2H3. The van der Waals surface area contributed by atoms with Crippen LogP contribution in [-0.2, 0) is 6.61 Å². The minimum Gasteiger partial charge on any atom is -0.493 e. The summed E-state index contributed by atoms with van der Waals surface area (Å²) in [7, 11) is 1.50. The Bertz CT molecular complexity index is 1200. The maximum absolute atomic E-state index is 11.0. The number of rotatable bonds is 7. The van der Waals surface area contributed by atoms with Gasteiger partial charge in [0.15, 0.2) is 11.5 Å². The second-order valence-electron chi connectivity index (χ2n) is 6.79. The van der Waals surface area contributed by atoms with Gasteiger partial charge >= 0.3 is 0 Å². The third-order valence-corrected chi connectivity index (χ3v) is 4.80. The van der Waals surface area contributed by atoms with E-state index in [-0.39, 0.29) is 11.3 Å². The number of nitro benzene ring substituents is 1. The summed E-state index contributed by atoms with van der Waals surface area (Å²) in [6.07, 6.45) is 1.60. The number of aryl methyl sites for hydroxylation is 1. The summed E-state index contributed by atoms with van der Waals surface area (Å²) in [6.45, 7) is 2.33. The smallest absolute Gasteiger partial charge is 0.270 e. The Morgan fingerprint density at radius 2 is 1.97 bits per heavy atom. The molecule has 0 amide bonds.